The van der Waals surface area contributed by atoms with Crippen molar-refractivity contribution in [3.63, 3.8) is 0 Å². The summed E-state index contributed by atoms with van der Waals surface area (Å²) in [6.07, 6.45) is 1.87. The fourth-order valence-electron chi connectivity index (χ4n) is 2.57. The third kappa shape index (κ3) is 4.26. The lowest BCUT2D eigenvalue weighted by atomic mass is 10.2. The Morgan fingerprint density at radius 3 is 2.32 bits per heavy atom. The Hall–Kier alpha value is -3.06. The Kier molecular flexibility index (Phi) is 5.84. The van der Waals surface area contributed by atoms with Crippen molar-refractivity contribution in [2.75, 3.05) is 33.2 Å². The van der Waals surface area contributed by atoms with E-state index < -0.39 is 5.97 Å². The Balaban J connectivity index is 1.80. The number of likely N-dealkylation sites (N-methyl/N-ethyl adjacent to an activating group) is 1. The summed E-state index contributed by atoms with van der Waals surface area (Å²) in [5.74, 6) is -0.487. The second-order valence-electron chi connectivity index (χ2n) is 6.39. The molecule has 0 radical (unpaired) electrons. The molecular formula is C21H21N3O3S. The fourth-order valence-corrected chi connectivity index (χ4v) is 3.56. The highest BCUT2D eigenvalue weighted by molar-refractivity contribution is 8.18. The molecule has 7 heteroatoms. The molecule has 1 saturated heterocycles. The number of carbonyl (C=O) groups is 2. The van der Waals surface area contributed by atoms with Crippen LogP contribution in [0.5, 0.6) is 0 Å². The largest absolute Gasteiger partial charge is 0.465 e. The van der Waals surface area contributed by atoms with Crippen LogP contribution in [0.15, 0.2) is 58.4 Å². The van der Waals surface area contributed by atoms with Gasteiger partial charge in [-0.3, -0.25) is 9.69 Å². The van der Waals surface area contributed by atoms with Crippen LogP contribution in [0, 0.1) is 0 Å². The first-order valence-electron chi connectivity index (χ1n) is 8.61. The SMILES string of the molecule is COC(=O)c1ccc(N=C2S/C(=C\c3ccc(N(C)C)cc3)C(=O)N2C)cc1. The molecule has 2 aromatic carbocycles. The number of nitrogens with zero attached hydrogens (tertiary/aromatic N) is 3. The van der Waals surface area contributed by atoms with Crippen molar-refractivity contribution in [1.82, 2.24) is 4.90 Å². The average molecular weight is 395 g/mol. The van der Waals surface area contributed by atoms with Crippen molar-refractivity contribution in [3.05, 3.63) is 64.6 Å². The normalized spacial score (nSPS) is 16.7. The number of methoxy groups -OCH3 is 1. The molecule has 1 fully saturated rings. The average Bonchev–Trinajstić information content (AvgIpc) is 2.96. The summed E-state index contributed by atoms with van der Waals surface area (Å²) < 4.78 is 4.69. The van der Waals surface area contributed by atoms with Crippen molar-refractivity contribution in [2.45, 2.75) is 0 Å². The topological polar surface area (TPSA) is 62.2 Å². The summed E-state index contributed by atoms with van der Waals surface area (Å²) in [4.78, 5) is 32.8. The highest BCUT2D eigenvalue weighted by atomic mass is 32.2. The number of amidine groups is 1. The van der Waals surface area contributed by atoms with Crippen LogP contribution in [-0.4, -0.2) is 50.2 Å². The van der Waals surface area contributed by atoms with Gasteiger partial charge in [-0.05, 0) is 59.8 Å². The van der Waals surface area contributed by atoms with Gasteiger partial charge in [0.25, 0.3) is 5.91 Å². The third-order valence-corrected chi connectivity index (χ3v) is 5.28. The van der Waals surface area contributed by atoms with Crippen LogP contribution in [0.3, 0.4) is 0 Å². The molecule has 2 aromatic rings. The number of amides is 1. The van der Waals surface area contributed by atoms with E-state index in [1.54, 1.807) is 31.3 Å². The third-order valence-electron chi connectivity index (χ3n) is 4.22. The monoisotopic (exact) mass is 395 g/mol. The highest BCUT2D eigenvalue weighted by Gasteiger charge is 2.30. The number of hydrogen-bond donors (Lipinski definition) is 0. The van der Waals surface area contributed by atoms with Crippen LogP contribution < -0.4 is 4.90 Å². The number of anilines is 1. The first-order valence-corrected chi connectivity index (χ1v) is 9.43. The summed E-state index contributed by atoms with van der Waals surface area (Å²) in [6.45, 7) is 0. The van der Waals surface area contributed by atoms with E-state index in [1.165, 1.54) is 23.8 Å². The van der Waals surface area contributed by atoms with Gasteiger partial charge >= 0.3 is 5.97 Å². The van der Waals surface area contributed by atoms with Crippen molar-refractivity contribution >= 4 is 46.3 Å². The quantitative estimate of drug-likeness (QED) is 0.582. The van der Waals surface area contributed by atoms with Crippen LogP contribution in [0.25, 0.3) is 6.08 Å². The van der Waals surface area contributed by atoms with E-state index in [2.05, 4.69) is 9.73 Å². The molecule has 1 amide bonds. The van der Waals surface area contributed by atoms with Crippen LogP contribution in [0.1, 0.15) is 15.9 Å². The van der Waals surface area contributed by atoms with Gasteiger partial charge in [0.15, 0.2) is 5.17 Å². The lowest BCUT2D eigenvalue weighted by molar-refractivity contribution is -0.121. The lowest BCUT2D eigenvalue weighted by Crippen LogP contribution is -2.23. The predicted molar refractivity (Wildman–Crippen MR) is 114 cm³/mol. The second kappa shape index (κ2) is 8.31. The zero-order chi connectivity index (χ0) is 20.3. The number of aliphatic imine (C=N–C) groups is 1. The van der Waals surface area contributed by atoms with Gasteiger partial charge in [0.1, 0.15) is 0 Å². The van der Waals surface area contributed by atoms with Crippen LogP contribution in [-0.2, 0) is 9.53 Å². The minimum Gasteiger partial charge on any atom is -0.465 e. The number of esters is 1. The van der Waals surface area contributed by atoms with Crippen LogP contribution >= 0.6 is 11.8 Å². The molecule has 0 saturated carbocycles. The fraction of sp³-hybridized carbons (Fsp3) is 0.190. The number of carbonyl (C=O) groups excluding carboxylic acids is 2. The maximum Gasteiger partial charge on any atom is 0.337 e. The molecule has 1 aliphatic rings. The smallest absolute Gasteiger partial charge is 0.337 e. The first kappa shape index (κ1) is 19.7. The number of rotatable bonds is 4. The van der Waals surface area contributed by atoms with Gasteiger partial charge in [-0.15, -0.1) is 0 Å². The van der Waals surface area contributed by atoms with Gasteiger partial charge in [0.2, 0.25) is 0 Å². The molecule has 144 valence electrons. The van der Waals surface area contributed by atoms with Crippen molar-refractivity contribution in [1.29, 1.82) is 0 Å². The van der Waals surface area contributed by atoms with Gasteiger partial charge in [-0.25, -0.2) is 9.79 Å². The van der Waals surface area contributed by atoms with Gasteiger partial charge in [0, 0.05) is 26.8 Å². The van der Waals surface area contributed by atoms with E-state index in [0.29, 0.717) is 21.3 Å². The van der Waals surface area contributed by atoms with Crippen LogP contribution in [0.2, 0.25) is 0 Å². The predicted octanol–water partition coefficient (Wildman–Crippen LogP) is 3.77. The minimum atomic E-state index is -0.396. The molecule has 6 nitrogen and oxygen atoms in total. The number of benzene rings is 2. The molecule has 0 unspecified atom stereocenters. The van der Waals surface area contributed by atoms with Crippen molar-refractivity contribution in [2.24, 2.45) is 4.99 Å². The summed E-state index contributed by atoms with van der Waals surface area (Å²) in [7, 11) is 7.01. The first-order chi connectivity index (χ1) is 13.4. The Bertz CT molecular complexity index is 948. The second-order valence-corrected chi connectivity index (χ2v) is 7.40. The van der Waals surface area contributed by atoms with E-state index in [9.17, 15) is 9.59 Å². The zero-order valence-electron chi connectivity index (χ0n) is 16.2. The number of ether oxygens (including phenoxy) is 1. The van der Waals surface area contributed by atoms with Crippen molar-refractivity contribution < 1.29 is 14.3 Å². The summed E-state index contributed by atoms with van der Waals surface area (Å²) in [5, 5.41) is 0.590. The Labute approximate surface area is 168 Å². The standard InChI is InChI=1S/C21H21N3O3S/c1-23(2)17-11-5-14(6-12-17)13-18-19(25)24(3)21(28-18)22-16-9-7-15(8-10-16)20(26)27-4/h5-13H,1-4H3/b18-13-,22-21?. The van der Waals surface area contributed by atoms with Gasteiger partial charge < -0.3 is 9.64 Å². The van der Waals surface area contributed by atoms with E-state index >= 15 is 0 Å². The molecule has 0 bridgehead atoms. The van der Waals surface area contributed by atoms with E-state index in [-0.39, 0.29) is 5.91 Å². The van der Waals surface area contributed by atoms with E-state index in [1.807, 2.05) is 49.3 Å². The molecule has 0 aromatic heterocycles. The van der Waals surface area contributed by atoms with Crippen LogP contribution in [0.4, 0.5) is 11.4 Å². The number of thioether (sulfide) groups is 1. The Morgan fingerprint density at radius 1 is 1.11 bits per heavy atom. The summed E-state index contributed by atoms with van der Waals surface area (Å²) in [5.41, 5.74) is 3.17. The molecule has 3 rings (SSSR count). The molecular weight excluding hydrogens is 374 g/mol. The zero-order valence-corrected chi connectivity index (χ0v) is 17.0. The molecule has 0 N–H and O–H groups in total. The minimum absolute atomic E-state index is 0.0911. The summed E-state index contributed by atoms with van der Waals surface area (Å²) >= 11 is 1.33. The van der Waals surface area contributed by atoms with Gasteiger partial charge in [0.05, 0.1) is 23.3 Å². The maximum atomic E-state index is 12.6. The molecule has 0 aliphatic carbocycles. The van der Waals surface area contributed by atoms with Gasteiger partial charge in [-0.2, -0.15) is 0 Å². The Morgan fingerprint density at radius 2 is 1.75 bits per heavy atom. The van der Waals surface area contributed by atoms with Crippen molar-refractivity contribution in [3.8, 4) is 0 Å². The molecule has 0 spiro atoms. The van der Waals surface area contributed by atoms with E-state index in [4.69, 9.17) is 0 Å². The molecule has 0 atom stereocenters. The number of hydrogen-bond acceptors (Lipinski definition) is 6. The molecule has 1 heterocycles. The van der Waals surface area contributed by atoms with Gasteiger partial charge in [-0.1, -0.05) is 12.1 Å². The highest BCUT2D eigenvalue weighted by Crippen LogP contribution is 2.33. The molecule has 1 aliphatic heterocycles. The molecule has 28 heavy (non-hydrogen) atoms. The maximum absolute atomic E-state index is 12.6. The lowest BCUT2D eigenvalue weighted by Gasteiger charge is -2.11. The summed E-state index contributed by atoms with van der Waals surface area (Å²) in [6, 6.07) is 14.7. The van der Waals surface area contributed by atoms with E-state index in [0.717, 1.165) is 11.3 Å².